The largest absolute Gasteiger partial charge is 0.508 e. The number of aromatic hydroxyl groups is 1. The predicted molar refractivity (Wildman–Crippen MR) is 161 cm³/mol. The van der Waals surface area contributed by atoms with Crippen molar-refractivity contribution in [2.75, 3.05) is 12.0 Å². The molecule has 8 nitrogen and oxygen atoms in total. The van der Waals surface area contributed by atoms with E-state index in [0.717, 1.165) is 21.9 Å². The van der Waals surface area contributed by atoms with E-state index in [4.69, 9.17) is 27.9 Å². The minimum Gasteiger partial charge on any atom is -0.508 e. The van der Waals surface area contributed by atoms with Crippen molar-refractivity contribution >= 4 is 63.9 Å². The molecule has 3 fully saturated rings. The molecule has 12 heteroatoms. The Kier molecular flexibility index (Phi) is 6.69. The van der Waals surface area contributed by atoms with Gasteiger partial charge in [-0.2, -0.15) is 0 Å². The average molecular weight is 656 g/mol. The van der Waals surface area contributed by atoms with E-state index in [1.165, 1.54) is 41.5 Å². The SMILES string of the molecule is COc1ccc([C@H]2C3=CC[C@@H]4C(=O)N(Cc5cccs5)C(=O)[C@@H]4[C@@H]3C[C@@]3(Cl)C(=O)N(c4ccc(F)cc4)C(=O)[C@@]23Cl)c(O)c1. The van der Waals surface area contributed by atoms with Crippen molar-refractivity contribution in [2.24, 2.45) is 17.8 Å². The standard InChI is InChI=1S/C32H25Cl2FN2O6S/c1-43-18-8-9-21(24(38)13-18)26-20-10-11-22-25(28(40)36(27(22)39)15-19-3-2-12-44-19)23(20)14-31(33)29(41)37(30(42)32(26,31)34)17-6-4-16(35)5-7-17/h2-10,12-13,22-23,25-26,38H,11,14-15H2,1H3/t22-,23+,25-,26+,31+,32-/m0/s1. The van der Waals surface area contributed by atoms with Crippen LogP contribution in [0.3, 0.4) is 0 Å². The molecule has 2 saturated heterocycles. The Balaban J connectivity index is 1.39. The Labute approximate surface area is 265 Å². The van der Waals surface area contributed by atoms with Gasteiger partial charge in [0.25, 0.3) is 11.8 Å². The van der Waals surface area contributed by atoms with Gasteiger partial charge in [0, 0.05) is 22.4 Å². The van der Waals surface area contributed by atoms with Gasteiger partial charge in [-0.25, -0.2) is 9.29 Å². The highest BCUT2D eigenvalue weighted by Crippen LogP contribution is 2.66. The van der Waals surface area contributed by atoms with Crippen LogP contribution in [0.1, 0.15) is 29.2 Å². The number of rotatable bonds is 5. The fraction of sp³-hybridized carbons (Fsp3) is 0.312. The Morgan fingerprint density at radius 2 is 1.77 bits per heavy atom. The first kappa shape index (κ1) is 29.0. The molecule has 1 saturated carbocycles. The lowest BCUT2D eigenvalue weighted by Gasteiger charge is -2.50. The maximum atomic E-state index is 14.4. The zero-order valence-electron chi connectivity index (χ0n) is 23.2. The molecule has 2 aliphatic heterocycles. The van der Waals surface area contributed by atoms with Crippen LogP contribution in [0.2, 0.25) is 0 Å². The fourth-order valence-corrected chi connectivity index (χ4v) is 9.04. The molecule has 4 amide bonds. The number of alkyl halides is 2. The average Bonchev–Trinajstić information content (AvgIpc) is 3.65. The number of carbonyl (C=O) groups is 4. The molecule has 2 aromatic carbocycles. The number of methoxy groups -OCH3 is 1. The van der Waals surface area contributed by atoms with Crippen LogP contribution >= 0.6 is 34.5 Å². The van der Waals surface area contributed by atoms with Gasteiger partial charge in [0.15, 0.2) is 9.75 Å². The van der Waals surface area contributed by atoms with Gasteiger partial charge in [0.2, 0.25) is 11.8 Å². The van der Waals surface area contributed by atoms with Crippen molar-refractivity contribution in [3.05, 3.63) is 87.9 Å². The number of imide groups is 2. The van der Waals surface area contributed by atoms with Crippen LogP contribution in [0.25, 0.3) is 0 Å². The molecule has 0 bridgehead atoms. The number of thiophene rings is 1. The summed E-state index contributed by atoms with van der Waals surface area (Å²) in [5.41, 5.74) is 0.853. The van der Waals surface area contributed by atoms with Crippen molar-refractivity contribution in [3.8, 4) is 11.5 Å². The first-order chi connectivity index (χ1) is 21.0. The first-order valence-electron chi connectivity index (χ1n) is 14.0. The van der Waals surface area contributed by atoms with Crippen molar-refractivity contribution in [2.45, 2.75) is 35.1 Å². The molecule has 0 radical (unpaired) electrons. The third kappa shape index (κ3) is 3.87. The number of phenolic OH excluding ortho intramolecular Hbond substituents is 1. The van der Waals surface area contributed by atoms with Crippen molar-refractivity contribution in [3.63, 3.8) is 0 Å². The summed E-state index contributed by atoms with van der Waals surface area (Å²) in [5.74, 6) is -6.20. The minimum atomic E-state index is -2.14. The summed E-state index contributed by atoms with van der Waals surface area (Å²) in [7, 11) is 1.44. The van der Waals surface area contributed by atoms with Crippen molar-refractivity contribution in [1.82, 2.24) is 4.90 Å². The smallest absolute Gasteiger partial charge is 0.258 e. The van der Waals surface area contributed by atoms with E-state index in [9.17, 15) is 28.7 Å². The number of halogens is 3. The highest BCUT2D eigenvalue weighted by Gasteiger charge is 2.76. The Bertz CT molecular complexity index is 1760. The Morgan fingerprint density at radius 3 is 2.43 bits per heavy atom. The van der Waals surface area contributed by atoms with Gasteiger partial charge in [0.05, 0.1) is 31.2 Å². The number of nitrogens with zero attached hydrogens (tertiary/aromatic N) is 2. The number of ether oxygens (including phenoxy) is 1. The third-order valence-corrected chi connectivity index (χ3v) is 11.7. The molecule has 6 atom stereocenters. The molecule has 1 aromatic heterocycles. The molecule has 3 aromatic rings. The number of likely N-dealkylation sites (tertiary alicyclic amines) is 1. The summed E-state index contributed by atoms with van der Waals surface area (Å²) < 4.78 is 19.1. The maximum absolute atomic E-state index is 14.4. The zero-order chi connectivity index (χ0) is 31.1. The number of allylic oxidation sites excluding steroid dienone is 2. The Morgan fingerprint density at radius 1 is 1.02 bits per heavy atom. The molecule has 4 aliphatic rings. The summed E-state index contributed by atoms with van der Waals surface area (Å²) in [6.07, 6.45) is 1.81. The van der Waals surface area contributed by atoms with E-state index < -0.39 is 51.1 Å². The number of phenols is 1. The van der Waals surface area contributed by atoms with Gasteiger partial charge in [-0.3, -0.25) is 24.1 Å². The van der Waals surface area contributed by atoms with Gasteiger partial charge in [-0.1, -0.05) is 23.8 Å². The number of anilines is 1. The number of fused-ring (bicyclic) bond motifs is 4. The van der Waals surface area contributed by atoms with Gasteiger partial charge in [-0.15, -0.1) is 34.5 Å². The zero-order valence-corrected chi connectivity index (χ0v) is 25.5. The number of hydrogen-bond acceptors (Lipinski definition) is 7. The molecule has 0 spiro atoms. The van der Waals surface area contributed by atoms with Crippen LogP contribution in [0.4, 0.5) is 10.1 Å². The summed E-state index contributed by atoms with van der Waals surface area (Å²) in [5, 5.41) is 13.1. The van der Waals surface area contributed by atoms with Crippen LogP contribution in [0.15, 0.2) is 71.6 Å². The van der Waals surface area contributed by atoms with E-state index in [0.29, 0.717) is 11.3 Å². The van der Waals surface area contributed by atoms with E-state index in [1.54, 1.807) is 18.2 Å². The summed E-state index contributed by atoms with van der Waals surface area (Å²) in [4.78, 5) is 55.0. The van der Waals surface area contributed by atoms with E-state index in [2.05, 4.69) is 0 Å². The molecule has 44 heavy (non-hydrogen) atoms. The van der Waals surface area contributed by atoms with Crippen molar-refractivity contribution < 1.29 is 33.4 Å². The number of carbonyl (C=O) groups excluding carboxylic acids is 4. The van der Waals surface area contributed by atoms with Crippen LogP contribution in [0, 0.1) is 23.6 Å². The molecular formula is C32H25Cl2FN2O6S. The Hall–Kier alpha value is -3.73. The highest BCUT2D eigenvalue weighted by molar-refractivity contribution is 7.09. The summed E-state index contributed by atoms with van der Waals surface area (Å²) >= 11 is 16.1. The molecule has 1 N–H and O–H groups in total. The minimum absolute atomic E-state index is 0.0811. The monoisotopic (exact) mass is 654 g/mol. The lowest BCUT2D eigenvalue weighted by Crippen LogP contribution is -2.60. The van der Waals surface area contributed by atoms with Gasteiger partial charge < -0.3 is 9.84 Å². The summed E-state index contributed by atoms with van der Waals surface area (Å²) in [6, 6.07) is 13.0. The second-order valence-electron chi connectivity index (χ2n) is 11.5. The van der Waals surface area contributed by atoms with Crippen molar-refractivity contribution in [1.29, 1.82) is 0 Å². The van der Waals surface area contributed by atoms with E-state index in [-0.39, 0.29) is 48.2 Å². The number of hydrogen-bond donors (Lipinski definition) is 1. The molecule has 3 heterocycles. The van der Waals surface area contributed by atoms with Gasteiger partial charge in [0.1, 0.15) is 17.3 Å². The third-order valence-electron chi connectivity index (χ3n) is 9.43. The number of benzene rings is 2. The van der Waals surface area contributed by atoms with Gasteiger partial charge in [-0.05, 0) is 60.5 Å². The number of amides is 4. The fourth-order valence-electron chi connectivity index (χ4n) is 7.42. The van der Waals surface area contributed by atoms with Gasteiger partial charge >= 0.3 is 0 Å². The molecule has 7 rings (SSSR count). The molecule has 2 aliphatic carbocycles. The molecular weight excluding hydrogens is 630 g/mol. The first-order valence-corrected chi connectivity index (χ1v) is 15.6. The lowest BCUT2D eigenvalue weighted by molar-refractivity contribution is -0.141. The van der Waals surface area contributed by atoms with E-state index >= 15 is 0 Å². The van der Waals surface area contributed by atoms with Crippen LogP contribution in [-0.2, 0) is 25.7 Å². The second kappa shape index (κ2) is 10.2. The quantitative estimate of drug-likeness (QED) is 0.226. The second-order valence-corrected chi connectivity index (χ2v) is 13.8. The maximum Gasteiger partial charge on any atom is 0.258 e. The molecule has 0 unspecified atom stereocenters. The molecule has 226 valence electrons. The normalized spacial score (nSPS) is 31.1. The topological polar surface area (TPSA) is 104 Å². The highest BCUT2D eigenvalue weighted by atomic mass is 35.5. The predicted octanol–water partition coefficient (Wildman–Crippen LogP) is 5.37. The van der Waals surface area contributed by atoms with E-state index in [1.807, 2.05) is 17.5 Å². The lowest BCUT2D eigenvalue weighted by atomic mass is 9.56. The summed E-state index contributed by atoms with van der Waals surface area (Å²) in [6.45, 7) is 0.133. The van der Waals surface area contributed by atoms with Crippen LogP contribution < -0.4 is 9.64 Å². The van der Waals surface area contributed by atoms with Crippen LogP contribution in [-0.4, -0.2) is 50.5 Å². The van der Waals surface area contributed by atoms with Crippen LogP contribution in [0.5, 0.6) is 11.5 Å².